The molecule has 4 aliphatic rings. The fourth-order valence-corrected chi connectivity index (χ4v) is 7.00. The lowest BCUT2D eigenvalue weighted by Gasteiger charge is -2.40. The second-order valence-corrected chi connectivity index (χ2v) is 11.4. The fourth-order valence-electron chi connectivity index (χ4n) is 7.00. The smallest absolute Gasteiger partial charge is 0.237 e. The minimum Gasteiger partial charge on any atom is -0.393 e. The van der Waals surface area contributed by atoms with Crippen molar-refractivity contribution in [1.29, 1.82) is 5.41 Å². The Hall–Kier alpha value is -1.67. The molecule has 186 valence electrons. The number of aliphatic hydroxyl groups is 1. The monoisotopic (exact) mass is 461 g/mol. The number of fused-ring (bicyclic) bond motifs is 1. The molecule has 0 spiro atoms. The lowest BCUT2D eigenvalue weighted by molar-refractivity contribution is -0.127. The van der Waals surface area contributed by atoms with E-state index in [9.17, 15) is 14.7 Å². The average Bonchev–Trinajstić information content (AvgIpc) is 3.14. The van der Waals surface area contributed by atoms with Gasteiger partial charge in [-0.3, -0.25) is 19.9 Å². The number of carbonyl (C=O) groups excluding carboxylic acids is 2. The van der Waals surface area contributed by atoms with Gasteiger partial charge < -0.3 is 21.9 Å². The molecule has 7 atom stereocenters. The first-order valence-electron chi connectivity index (χ1n) is 13.1. The van der Waals surface area contributed by atoms with Crippen LogP contribution >= 0.6 is 0 Å². The molecule has 4 fully saturated rings. The van der Waals surface area contributed by atoms with E-state index < -0.39 is 0 Å². The zero-order valence-electron chi connectivity index (χ0n) is 20.0. The Labute approximate surface area is 197 Å². The number of hydrogen-bond acceptors (Lipinski definition) is 5. The largest absolute Gasteiger partial charge is 0.393 e. The number of primary amides is 1. The molecule has 4 rings (SSSR count). The van der Waals surface area contributed by atoms with Gasteiger partial charge in [-0.1, -0.05) is 6.92 Å². The molecule has 8 nitrogen and oxygen atoms in total. The molecule has 2 amide bonds. The zero-order chi connectivity index (χ0) is 23.7. The van der Waals surface area contributed by atoms with Crippen LogP contribution in [0.4, 0.5) is 0 Å². The summed E-state index contributed by atoms with van der Waals surface area (Å²) in [6.07, 6.45) is 9.46. The predicted molar refractivity (Wildman–Crippen MR) is 127 cm³/mol. The van der Waals surface area contributed by atoms with Crippen molar-refractivity contribution >= 4 is 17.6 Å². The van der Waals surface area contributed by atoms with Gasteiger partial charge in [0.1, 0.15) is 0 Å². The van der Waals surface area contributed by atoms with E-state index in [-0.39, 0.29) is 53.7 Å². The Balaban J connectivity index is 1.44. The number of nitrogens with zero attached hydrogens (tertiary/aromatic N) is 1. The molecule has 7 unspecified atom stereocenters. The van der Waals surface area contributed by atoms with Crippen LogP contribution < -0.4 is 16.8 Å². The van der Waals surface area contributed by atoms with E-state index in [4.69, 9.17) is 16.9 Å². The quantitative estimate of drug-likeness (QED) is 0.302. The van der Waals surface area contributed by atoms with Crippen molar-refractivity contribution in [1.82, 2.24) is 10.2 Å². The van der Waals surface area contributed by atoms with Crippen molar-refractivity contribution in [2.75, 3.05) is 6.54 Å². The Kier molecular flexibility index (Phi) is 7.63. The van der Waals surface area contributed by atoms with Gasteiger partial charge in [0.05, 0.1) is 18.0 Å². The highest BCUT2D eigenvalue weighted by Gasteiger charge is 2.48. The molecule has 1 heterocycles. The third-order valence-electron chi connectivity index (χ3n) is 9.27. The van der Waals surface area contributed by atoms with E-state index >= 15 is 0 Å². The summed E-state index contributed by atoms with van der Waals surface area (Å²) in [6, 6.07) is 0.175. The molecule has 1 saturated heterocycles. The highest BCUT2D eigenvalue weighted by Crippen LogP contribution is 2.43. The van der Waals surface area contributed by atoms with Crippen molar-refractivity contribution in [2.24, 2.45) is 41.1 Å². The van der Waals surface area contributed by atoms with Gasteiger partial charge in [0.25, 0.3) is 0 Å². The van der Waals surface area contributed by atoms with E-state index in [2.05, 4.69) is 17.1 Å². The first-order valence-corrected chi connectivity index (χ1v) is 13.1. The number of aliphatic hydroxyl groups excluding tert-OH is 1. The molecular weight excluding hydrogens is 418 g/mol. The van der Waals surface area contributed by atoms with E-state index in [1.165, 1.54) is 0 Å². The summed E-state index contributed by atoms with van der Waals surface area (Å²) in [5, 5.41) is 21.5. The Morgan fingerprint density at radius 3 is 2.30 bits per heavy atom. The van der Waals surface area contributed by atoms with Crippen LogP contribution in [0.3, 0.4) is 0 Å². The topological polar surface area (TPSA) is 146 Å². The molecule has 0 aromatic rings. The Bertz CT molecular complexity index is 738. The van der Waals surface area contributed by atoms with Crippen molar-refractivity contribution in [2.45, 2.75) is 102 Å². The van der Waals surface area contributed by atoms with Crippen LogP contribution in [-0.4, -0.2) is 58.4 Å². The number of amides is 2. The lowest BCUT2D eigenvalue weighted by atomic mass is 9.77. The molecule has 8 heteroatoms. The minimum absolute atomic E-state index is 0.0106. The number of nitrogens with two attached hydrogens (primary N) is 2. The summed E-state index contributed by atoms with van der Waals surface area (Å²) in [7, 11) is 0. The summed E-state index contributed by atoms with van der Waals surface area (Å²) in [5.74, 6) is 1.50. The number of carbonyl (C=O) groups is 2. The molecular formula is C25H43N5O3. The molecule has 0 aromatic carbocycles. The summed E-state index contributed by atoms with van der Waals surface area (Å²) < 4.78 is 0. The number of likely N-dealkylation sites (tertiary alicyclic amines) is 1. The second kappa shape index (κ2) is 10.3. The molecule has 3 aliphatic carbocycles. The summed E-state index contributed by atoms with van der Waals surface area (Å²) in [4.78, 5) is 27.5. The van der Waals surface area contributed by atoms with Gasteiger partial charge in [-0.2, -0.15) is 0 Å². The van der Waals surface area contributed by atoms with Gasteiger partial charge in [0, 0.05) is 30.5 Å². The first-order chi connectivity index (χ1) is 15.7. The van der Waals surface area contributed by atoms with E-state index in [1.54, 1.807) is 0 Å². The minimum atomic E-state index is -0.344. The molecule has 33 heavy (non-hydrogen) atoms. The SMILES string of the molecule is CC1CCC(NC(=O)C2CC3CCC(C(=N)N)CC3N2CC2CCC(C(N)=O)CC2)CC1O. The second-order valence-electron chi connectivity index (χ2n) is 11.4. The maximum atomic E-state index is 13.5. The average molecular weight is 462 g/mol. The highest BCUT2D eigenvalue weighted by molar-refractivity contribution is 5.83. The van der Waals surface area contributed by atoms with Gasteiger partial charge in [0.15, 0.2) is 0 Å². The number of amidine groups is 1. The van der Waals surface area contributed by atoms with Crippen LogP contribution in [0.15, 0.2) is 0 Å². The van der Waals surface area contributed by atoms with E-state index in [0.717, 1.165) is 70.8 Å². The highest BCUT2D eigenvalue weighted by atomic mass is 16.3. The molecule has 0 aromatic heterocycles. The maximum absolute atomic E-state index is 13.5. The van der Waals surface area contributed by atoms with Crippen molar-refractivity contribution in [3.8, 4) is 0 Å². The molecule has 0 radical (unpaired) electrons. The maximum Gasteiger partial charge on any atom is 0.237 e. The van der Waals surface area contributed by atoms with Crippen LogP contribution in [0.5, 0.6) is 0 Å². The Morgan fingerprint density at radius 2 is 1.67 bits per heavy atom. The summed E-state index contributed by atoms with van der Waals surface area (Å²) >= 11 is 0. The Morgan fingerprint density at radius 1 is 0.970 bits per heavy atom. The van der Waals surface area contributed by atoms with E-state index in [1.807, 2.05) is 0 Å². The van der Waals surface area contributed by atoms with Gasteiger partial charge in [0.2, 0.25) is 11.8 Å². The standard InChI is InChI=1S/C25H43N5O3/c1-14-2-9-19(12-22(14)31)29-25(33)21-10-17-7-8-18(23(26)27)11-20(17)30(21)13-15-3-5-16(6-4-15)24(28)32/h14-22,31H,2-13H2,1H3,(H3,26,27)(H2,28,32)(H,29,33). The van der Waals surface area contributed by atoms with Gasteiger partial charge in [-0.15, -0.1) is 0 Å². The third-order valence-corrected chi connectivity index (χ3v) is 9.27. The molecule has 7 N–H and O–H groups in total. The van der Waals surface area contributed by atoms with Crippen molar-refractivity contribution in [3.05, 3.63) is 0 Å². The van der Waals surface area contributed by atoms with Gasteiger partial charge >= 0.3 is 0 Å². The van der Waals surface area contributed by atoms with Gasteiger partial charge in [-0.05, 0) is 88.4 Å². The van der Waals surface area contributed by atoms with Crippen molar-refractivity contribution in [3.63, 3.8) is 0 Å². The van der Waals surface area contributed by atoms with Gasteiger partial charge in [-0.25, -0.2) is 0 Å². The van der Waals surface area contributed by atoms with Crippen molar-refractivity contribution < 1.29 is 14.7 Å². The fraction of sp³-hybridized carbons (Fsp3) is 0.880. The van der Waals surface area contributed by atoms with Crippen LogP contribution in [0, 0.1) is 35.0 Å². The first kappa shape index (κ1) is 24.5. The van der Waals surface area contributed by atoms with E-state index in [0.29, 0.717) is 24.2 Å². The number of rotatable bonds is 6. The van der Waals surface area contributed by atoms with Crippen LogP contribution in [0.1, 0.15) is 77.6 Å². The van der Waals surface area contributed by atoms with Crippen LogP contribution in [-0.2, 0) is 9.59 Å². The van der Waals surface area contributed by atoms with Crippen LogP contribution in [0.2, 0.25) is 0 Å². The summed E-state index contributed by atoms with van der Waals surface area (Å²) in [6.45, 7) is 2.93. The van der Waals surface area contributed by atoms with Crippen LogP contribution in [0.25, 0.3) is 0 Å². The number of nitrogens with one attached hydrogen (secondary N) is 2. The lowest BCUT2D eigenvalue weighted by Crippen LogP contribution is -2.52. The predicted octanol–water partition coefficient (Wildman–Crippen LogP) is 1.74. The normalized spacial score (nSPS) is 41.8. The third kappa shape index (κ3) is 5.53. The zero-order valence-corrected chi connectivity index (χ0v) is 20.0. The molecule has 3 saturated carbocycles. The number of hydrogen-bond donors (Lipinski definition) is 5. The summed E-state index contributed by atoms with van der Waals surface area (Å²) in [5.41, 5.74) is 11.4. The molecule has 1 aliphatic heterocycles. The molecule has 0 bridgehead atoms.